The second kappa shape index (κ2) is 5.42. The smallest absolute Gasteiger partial charge is 0.243 e. The van der Waals surface area contributed by atoms with Crippen LogP contribution in [0.5, 0.6) is 0 Å². The highest BCUT2D eigenvalue weighted by Crippen LogP contribution is 2.27. The third-order valence-electron chi connectivity index (χ3n) is 3.41. The summed E-state index contributed by atoms with van der Waals surface area (Å²) in [6, 6.07) is 2.51. The monoisotopic (exact) mass is 301 g/mol. The van der Waals surface area contributed by atoms with Crippen LogP contribution in [0.2, 0.25) is 0 Å². The number of nitrogens with zero attached hydrogens (tertiary/aromatic N) is 1. The first-order chi connectivity index (χ1) is 9.21. The minimum Gasteiger partial charge on any atom is -0.373 e. The summed E-state index contributed by atoms with van der Waals surface area (Å²) in [6.07, 6.45) is -0.288. The number of benzene rings is 1. The van der Waals surface area contributed by atoms with Crippen molar-refractivity contribution in [2.75, 3.05) is 13.1 Å². The summed E-state index contributed by atoms with van der Waals surface area (Å²) in [5, 5.41) is 0. The molecule has 6 heteroatoms. The fourth-order valence-corrected chi connectivity index (χ4v) is 4.76. The zero-order valence-electron chi connectivity index (χ0n) is 12.2. The maximum Gasteiger partial charge on any atom is 0.243 e. The summed E-state index contributed by atoms with van der Waals surface area (Å²) in [5.74, 6) is -0.414. The van der Waals surface area contributed by atoms with Gasteiger partial charge < -0.3 is 4.74 Å². The number of ether oxygens (including phenoxy) is 1. The molecule has 0 N–H and O–H groups in total. The molecule has 112 valence electrons. The number of hydrogen-bond acceptors (Lipinski definition) is 3. The second-order valence-corrected chi connectivity index (χ2v) is 7.32. The molecule has 1 saturated heterocycles. The summed E-state index contributed by atoms with van der Waals surface area (Å²) in [7, 11) is -3.62. The summed E-state index contributed by atoms with van der Waals surface area (Å²) >= 11 is 0. The predicted molar refractivity (Wildman–Crippen MR) is 74.6 cm³/mol. The highest BCUT2D eigenvalue weighted by atomic mass is 32.2. The molecule has 1 aliphatic heterocycles. The average molecular weight is 301 g/mol. The van der Waals surface area contributed by atoms with E-state index in [4.69, 9.17) is 4.74 Å². The van der Waals surface area contributed by atoms with Crippen LogP contribution in [-0.2, 0) is 14.8 Å². The first-order valence-corrected chi connectivity index (χ1v) is 8.08. The topological polar surface area (TPSA) is 46.6 Å². The lowest BCUT2D eigenvalue weighted by molar-refractivity contribution is -0.0441. The SMILES string of the molecule is Cc1cc(F)cc(C)c1S(=O)(=O)N1CC(C)OC(C)C1. The molecule has 1 heterocycles. The van der Waals surface area contributed by atoms with Crippen molar-refractivity contribution in [3.05, 3.63) is 29.1 Å². The molecule has 4 nitrogen and oxygen atoms in total. The van der Waals surface area contributed by atoms with Gasteiger partial charge in [0.15, 0.2) is 0 Å². The average Bonchev–Trinajstić information content (AvgIpc) is 2.25. The molecule has 0 aromatic heterocycles. The Balaban J connectivity index is 2.45. The van der Waals surface area contributed by atoms with Crippen molar-refractivity contribution in [3.63, 3.8) is 0 Å². The molecular formula is C14H20FNO3S. The lowest BCUT2D eigenvalue weighted by Crippen LogP contribution is -2.48. The summed E-state index contributed by atoms with van der Waals surface area (Å²) in [4.78, 5) is 0.209. The van der Waals surface area contributed by atoms with E-state index in [9.17, 15) is 12.8 Å². The van der Waals surface area contributed by atoms with Gasteiger partial charge in [-0.15, -0.1) is 0 Å². The van der Waals surface area contributed by atoms with E-state index in [0.717, 1.165) is 0 Å². The Labute approximate surface area is 119 Å². The van der Waals surface area contributed by atoms with Crippen molar-refractivity contribution in [1.29, 1.82) is 0 Å². The van der Waals surface area contributed by atoms with Crippen molar-refractivity contribution in [2.45, 2.75) is 44.8 Å². The molecule has 0 aliphatic carbocycles. The van der Waals surface area contributed by atoms with E-state index in [1.54, 1.807) is 13.8 Å². The van der Waals surface area contributed by atoms with Gasteiger partial charge in [-0.2, -0.15) is 4.31 Å². The third kappa shape index (κ3) is 2.87. The van der Waals surface area contributed by atoms with Crippen LogP contribution in [0.1, 0.15) is 25.0 Å². The number of rotatable bonds is 2. The molecular weight excluding hydrogens is 281 g/mol. The highest BCUT2D eigenvalue weighted by Gasteiger charge is 2.34. The molecule has 0 spiro atoms. The van der Waals surface area contributed by atoms with Crippen LogP contribution in [0.4, 0.5) is 4.39 Å². The van der Waals surface area contributed by atoms with Gasteiger partial charge >= 0.3 is 0 Å². The van der Waals surface area contributed by atoms with Gasteiger partial charge in [-0.05, 0) is 51.0 Å². The van der Waals surface area contributed by atoms with Gasteiger partial charge in [0.05, 0.1) is 17.1 Å². The number of hydrogen-bond donors (Lipinski definition) is 0. The Morgan fingerprint density at radius 2 is 1.60 bits per heavy atom. The normalized spacial score (nSPS) is 24.9. The van der Waals surface area contributed by atoms with Gasteiger partial charge in [-0.25, -0.2) is 12.8 Å². The Bertz CT molecular complexity index is 582. The zero-order chi connectivity index (χ0) is 15.1. The van der Waals surface area contributed by atoms with Crippen LogP contribution in [0, 0.1) is 19.7 Å². The van der Waals surface area contributed by atoms with E-state index in [-0.39, 0.29) is 17.1 Å². The minimum atomic E-state index is -3.62. The predicted octanol–water partition coefficient (Wildman–Crippen LogP) is 2.24. The van der Waals surface area contributed by atoms with Crippen LogP contribution in [-0.4, -0.2) is 38.0 Å². The van der Waals surface area contributed by atoms with E-state index in [1.165, 1.54) is 16.4 Å². The van der Waals surface area contributed by atoms with Crippen LogP contribution in [0.25, 0.3) is 0 Å². The van der Waals surface area contributed by atoms with Crippen molar-refractivity contribution < 1.29 is 17.5 Å². The van der Waals surface area contributed by atoms with Gasteiger partial charge in [-0.3, -0.25) is 0 Å². The van der Waals surface area contributed by atoms with E-state index in [0.29, 0.717) is 24.2 Å². The Morgan fingerprint density at radius 3 is 2.05 bits per heavy atom. The highest BCUT2D eigenvalue weighted by molar-refractivity contribution is 7.89. The Morgan fingerprint density at radius 1 is 1.15 bits per heavy atom. The zero-order valence-corrected chi connectivity index (χ0v) is 13.0. The number of sulfonamides is 1. The van der Waals surface area contributed by atoms with Crippen LogP contribution < -0.4 is 0 Å². The molecule has 1 aliphatic rings. The summed E-state index contributed by atoms with van der Waals surface area (Å²) in [5.41, 5.74) is 0.878. The molecule has 1 fully saturated rings. The molecule has 2 rings (SSSR count). The van der Waals surface area contributed by atoms with Crippen LogP contribution in [0.3, 0.4) is 0 Å². The number of morpholine rings is 1. The molecule has 2 unspecified atom stereocenters. The first kappa shape index (κ1) is 15.4. The number of halogens is 1. The molecule has 1 aromatic rings. The Hall–Kier alpha value is -0.980. The maximum atomic E-state index is 13.3. The van der Waals surface area contributed by atoms with Gasteiger partial charge in [0.2, 0.25) is 10.0 Å². The second-order valence-electron chi connectivity index (χ2n) is 5.45. The lowest BCUT2D eigenvalue weighted by atomic mass is 10.1. The molecule has 0 amide bonds. The van der Waals surface area contributed by atoms with E-state index in [2.05, 4.69) is 0 Å². The Kier molecular flexibility index (Phi) is 4.18. The largest absolute Gasteiger partial charge is 0.373 e. The van der Waals surface area contributed by atoms with Gasteiger partial charge in [0, 0.05) is 13.1 Å². The van der Waals surface area contributed by atoms with Crippen LogP contribution in [0.15, 0.2) is 17.0 Å². The molecule has 0 radical (unpaired) electrons. The van der Waals surface area contributed by atoms with Gasteiger partial charge in [0.25, 0.3) is 0 Å². The third-order valence-corrected chi connectivity index (χ3v) is 5.55. The summed E-state index contributed by atoms with van der Waals surface area (Å²) in [6.45, 7) is 7.59. The van der Waals surface area contributed by atoms with Crippen molar-refractivity contribution in [3.8, 4) is 0 Å². The number of aryl methyl sites for hydroxylation is 2. The fraction of sp³-hybridized carbons (Fsp3) is 0.571. The molecule has 20 heavy (non-hydrogen) atoms. The van der Waals surface area contributed by atoms with E-state index in [1.807, 2.05) is 13.8 Å². The van der Waals surface area contributed by atoms with Crippen molar-refractivity contribution in [2.24, 2.45) is 0 Å². The fourth-order valence-electron chi connectivity index (χ4n) is 2.76. The van der Waals surface area contributed by atoms with Gasteiger partial charge in [0.1, 0.15) is 5.82 Å². The standard InChI is InChI=1S/C14H20FNO3S/c1-9-5-13(15)6-10(2)14(9)20(17,18)16-7-11(3)19-12(4)8-16/h5-6,11-12H,7-8H2,1-4H3. The molecule has 0 saturated carbocycles. The van der Waals surface area contributed by atoms with Crippen molar-refractivity contribution in [1.82, 2.24) is 4.31 Å². The minimum absolute atomic E-state index is 0.144. The molecule has 2 atom stereocenters. The van der Waals surface area contributed by atoms with Gasteiger partial charge in [-0.1, -0.05) is 0 Å². The summed E-state index contributed by atoms with van der Waals surface area (Å²) < 4.78 is 45.9. The molecule has 1 aromatic carbocycles. The molecule has 0 bridgehead atoms. The van der Waals surface area contributed by atoms with Crippen LogP contribution >= 0.6 is 0 Å². The lowest BCUT2D eigenvalue weighted by Gasteiger charge is -2.35. The quantitative estimate of drug-likeness (QED) is 0.841. The van der Waals surface area contributed by atoms with E-state index >= 15 is 0 Å². The van der Waals surface area contributed by atoms with E-state index < -0.39 is 15.8 Å². The maximum absolute atomic E-state index is 13.3. The first-order valence-electron chi connectivity index (χ1n) is 6.64. The van der Waals surface area contributed by atoms with Crippen molar-refractivity contribution >= 4 is 10.0 Å².